The topological polar surface area (TPSA) is 18.5 Å². The maximum atomic E-state index is 6.24. The van der Waals surface area contributed by atoms with E-state index in [1.807, 2.05) is 37.3 Å². The number of para-hydroxylation sites is 1. The molecular weight excluding hydrogens is 308 g/mol. The Morgan fingerprint density at radius 3 is 1.64 bits per heavy atom. The number of benzene rings is 3. The number of rotatable bonds is 4. The molecule has 0 aromatic heterocycles. The second kappa shape index (κ2) is 7.02. The molecule has 3 rings (SSSR count). The van der Waals surface area contributed by atoms with Crippen molar-refractivity contribution < 1.29 is 9.47 Å². The summed E-state index contributed by atoms with van der Waals surface area (Å²) in [5.41, 5.74) is 5.71. The first-order valence-electron chi connectivity index (χ1n) is 8.54. The van der Waals surface area contributed by atoms with Crippen LogP contribution in [0.4, 0.5) is 0 Å². The molecule has 0 radical (unpaired) electrons. The Morgan fingerprint density at radius 2 is 1.08 bits per heavy atom. The first-order chi connectivity index (χ1) is 11.9. The van der Waals surface area contributed by atoms with Crippen LogP contribution in [0.15, 0.2) is 54.6 Å². The molecule has 0 aliphatic rings. The first kappa shape index (κ1) is 17.1. The summed E-state index contributed by atoms with van der Waals surface area (Å²) in [5.74, 6) is 3.19. The molecule has 0 amide bonds. The van der Waals surface area contributed by atoms with Gasteiger partial charge in [-0.3, -0.25) is 0 Å². The van der Waals surface area contributed by atoms with Crippen LogP contribution in [0, 0.1) is 34.6 Å². The van der Waals surface area contributed by atoms with Gasteiger partial charge in [-0.15, -0.1) is 0 Å². The highest BCUT2D eigenvalue weighted by Gasteiger charge is 2.13. The van der Waals surface area contributed by atoms with Gasteiger partial charge in [-0.25, -0.2) is 0 Å². The van der Waals surface area contributed by atoms with E-state index in [1.54, 1.807) is 0 Å². The molecule has 0 unspecified atom stereocenters. The Hall–Kier alpha value is -2.74. The third-order valence-electron chi connectivity index (χ3n) is 4.27. The van der Waals surface area contributed by atoms with Gasteiger partial charge < -0.3 is 9.47 Å². The van der Waals surface area contributed by atoms with Gasteiger partial charge in [0.05, 0.1) is 0 Å². The van der Waals surface area contributed by atoms with Gasteiger partial charge in [0.1, 0.15) is 11.5 Å². The molecule has 0 heterocycles. The second-order valence-electron chi connectivity index (χ2n) is 6.64. The summed E-state index contributed by atoms with van der Waals surface area (Å²) in [6, 6.07) is 18.4. The van der Waals surface area contributed by atoms with Gasteiger partial charge in [0.15, 0.2) is 11.5 Å². The summed E-state index contributed by atoms with van der Waals surface area (Å²) in [4.78, 5) is 0. The van der Waals surface area contributed by atoms with Gasteiger partial charge in [0, 0.05) is 0 Å². The van der Waals surface area contributed by atoms with Crippen LogP contribution in [0.2, 0.25) is 0 Å². The molecule has 0 atom stereocenters. The van der Waals surface area contributed by atoms with Crippen LogP contribution in [-0.2, 0) is 0 Å². The normalized spacial score (nSPS) is 10.6. The fraction of sp³-hybridized carbons (Fsp3) is 0.217. The highest BCUT2D eigenvalue weighted by atomic mass is 16.5. The van der Waals surface area contributed by atoms with Crippen molar-refractivity contribution in [3.8, 4) is 23.0 Å². The third-order valence-corrected chi connectivity index (χ3v) is 4.27. The van der Waals surface area contributed by atoms with Crippen LogP contribution >= 0.6 is 0 Å². The maximum Gasteiger partial charge on any atom is 0.172 e. The average molecular weight is 332 g/mol. The van der Waals surface area contributed by atoms with E-state index in [-0.39, 0.29) is 0 Å². The van der Waals surface area contributed by atoms with Crippen LogP contribution < -0.4 is 9.47 Å². The number of hydrogen-bond acceptors (Lipinski definition) is 2. The zero-order valence-corrected chi connectivity index (χ0v) is 15.5. The number of ether oxygens (including phenoxy) is 2. The predicted octanol–water partition coefficient (Wildman–Crippen LogP) is 6.81. The molecule has 2 nitrogen and oxygen atoms in total. The molecule has 3 aromatic rings. The molecule has 0 aliphatic heterocycles. The maximum absolute atomic E-state index is 6.24. The standard InChI is InChI=1S/C23H24O2/c1-15-9-11-20(18(4)13-15)24-22-8-6-7-17(3)23(22)25-21-12-10-16(2)14-19(21)5/h6-14H,1-5H3. The predicted molar refractivity (Wildman–Crippen MR) is 103 cm³/mol. The Labute approximate surface area is 150 Å². The van der Waals surface area contributed by atoms with Crippen molar-refractivity contribution in [3.05, 3.63) is 82.4 Å². The Kier molecular flexibility index (Phi) is 4.80. The number of hydrogen-bond donors (Lipinski definition) is 0. The van der Waals surface area contributed by atoms with Gasteiger partial charge in [-0.05, 0) is 69.5 Å². The molecule has 128 valence electrons. The van der Waals surface area contributed by atoms with Crippen LogP contribution in [0.3, 0.4) is 0 Å². The summed E-state index contributed by atoms with van der Waals surface area (Å²) in [6.45, 7) is 10.3. The zero-order chi connectivity index (χ0) is 18.0. The Balaban J connectivity index is 1.97. The van der Waals surface area contributed by atoms with Gasteiger partial charge in [0.2, 0.25) is 0 Å². The van der Waals surface area contributed by atoms with E-state index in [0.29, 0.717) is 0 Å². The molecule has 0 fully saturated rings. The van der Waals surface area contributed by atoms with E-state index >= 15 is 0 Å². The smallest absolute Gasteiger partial charge is 0.172 e. The molecular formula is C23H24O2. The first-order valence-corrected chi connectivity index (χ1v) is 8.54. The van der Waals surface area contributed by atoms with Crippen molar-refractivity contribution in [1.29, 1.82) is 0 Å². The zero-order valence-electron chi connectivity index (χ0n) is 15.5. The lowest BCUT2D eigenvalue weighted by atomic mass is 10.1. The minimum absolute atomic E-state index is 0.729. The molecule has 0 N–H and O–H groups in total. The van der Waals surface area contributed by atoms with E-state index in [2.05, 4.69) is 52.0 Å². The lowest BCUT2D eigenvalue weighted by Crippen LogP contribution is -1.95. The van der Waals surface area contributed by atoms with Gasteiger partial charge in [-0.2, -0.15) is 0 Å². The van der Waals surface area contributed by atoms with Crippen molar-refractivity contribution in [3.63, 3.8) is 0 Å². The van der Waals surface area contributed by atoms with Crippen molar-refractivity contribution >= 4 is 0 Å². The van der Waals surface area contributed by atoms with E-state index in [1.165, 1.54) is 11.1 Å². The molecule has 0 bridgehead atoms. The highest BCUT2D eigenvalue weighted by molar-refractivity contribution is 5.52. The summed E-state index contributed by atoms with van der Waals surface area (Å²) >= 11 is 0. The van der Waals surface area contributed by atoms with Crippen LogP contribution in [-0.4, -0.2) is 0 Å². The quantitative estimate of drug-likeness (QED) is 0.522. The monoisotopic (exact) mass is 332 g/mol. The summed E-state index contributed by atoms with van der Waals surface area (Å²) < 4.78 is 12.4. The second-order valence-corrected chi connectivity index (χ2v) is 6.64. The van der Waals surface area contributed by atoms with E-state index < -0.39 is 0 Å². The van der Waals surface area contributed by atoms with E-state index in [4.69, 9.17) is 9.47 Å². The van der Waals surface area contributed by atoms with E-state index in [0.717, 1.165) is 39.7 Å². The summed E-state index contributed by atoms with van der Waals surface area (Å²) in [7, 11) is 0. The SMILES string of the molecule is Cc1ccc(Oc2cccc(C)c2Oc2ccc(C)cc2C)c(C)c1. The van der Waals surface area contributed by atoms with E-state index in [9.17, 15) is 0 Å². The third kappa shape index (κ3) is 3.85. The molecule has 0 spiro atoms. The number of aryl methyl sites for hydroxylation is 5. The Morgan fingerprint density at radius 1 is 0.520 bits per heavy atom. The van der Waals surface area contributed by atoms with Crippen molar-refractivity contribution in [2.24, 2.45) is 0 Å². The molecule has 0 saturated carbocycles. The van der Waals surface area contributed by atoms with Crippen LogP contribution in [0.25, 0.3) is 0 Å². The van der Waals surface area contributed by atoms with Gasteiger partial charge >= 0.3 is 0 Å². The minimum Gasteiger partial charge on any atom is -0.453 e. The Bertz CT molecular complexity index is 910. The van der Waals surface area contributed by atoms with Gasteiger partial charge in [0.25, 0.3) is 0 Å². The van der Waals surface area contributed by atoms with Crippen LogP contribution in [0.5, 0.6) is 23.0 Å². The minimum atomic E-state index is 0.729. The highest BCUT2D eigenvalue weighted by Crippen LogP contribution is 2.39. The molecule has 0 saturated heterocycles. The molecule has 25 heavy (non-hydrogen) atoms. The van der Waals surface area contributed by atoms with Crippen molar-refractivity contribution in [2.45, 2.75) is 34.6 Å². The lowest BCUT2D eigenvalue weighted by Gasteiger charge is -2.17. The van der Waals surface area contributed by atoms with Crippen molar-refractivity contribution in [1.82, 2.24) is 0 Å². The van der Waals surface area contributed by atoms with Gasteiger partial charge in [-0.1, -0.05) is 47.5 Å². The summed E-state index contributed by atoms with van der Waals surface area (Å²) in [5, 5.41) is 0. The molecule has 0 aliphatic carbocycles. The lowest BCUT2D eigenvalue weighted by molar-refractivity contribution is 0.413. The van der Waals surface area contributed by atoms with Crippen molar-refractivity contribution in [2.75, 3.05) is 0 Å². The van der Waals surface area contributed by atoms with Crippen LogP contribution in [0.1, 0.15) is 27.8 Å². The fourth-order valence-electron chi connectivity index (χ4n) is 2.89. The summed E-state index contributed by atoms with van der Waals surface area (Å²) in [6.07, 6.45) is 0. The fourth-order valence-corrected chi connectivity index (χ4v) is 2.89. The largest absolute Gasteiger partial charge is 0.453 e. The average Bonchev–Trinajstić information content (AvgIpc) is 2.55. The molecule has 3 aromatic carbocycles. The molecule has 2 heteroatoms.